The Morgan fingerprint density at radius 3 is 2.28 bits per heavy atom. The van der Waals surface area contributed by atoms with Crippen LogP contribution in [-0.2, 0) is 14.3 Å². The molecular weight excluding hydrogens is 456 g/mol. The van der Waals surface area contributed by atoms with E-state index in [1.807, 2.05) is 38.1 Å². The fraction of sp³-hybridized carbons (Fsp3) is 0.483. The number of hydrogen-bond donors (Lipinski definition) is 2. The van der Waals surface area contributed by atoms with E-state index in [-0.39, 0.29) is 30.8 Å². The van der Waals surface area contributed by atoms with Crippen molar-refractivity contribution in [2.24, 2.45) is 11.8 Å². The number of nitrogens with zero attached hydrogens (tertiary/aromatic N) is 1. The van der Waals surface area contributed by atoms with E-state index in [4.69, 9.17) is 4.74 Å². The molecule has 7 nitrogen and oxygen atoms in total. The number of aliphatic carboxylic acids is 1. The largest absolute Gasteiger partial charge is 0.481 e. The fourth-order valence-electron chi connectivity index (χ4n) is 5.61. The highest BCUT2D eigenvalue weighted by molar-refractivity contribution is 5.86. The minimum Gasteiger partial charge on any atom is -0.481 e. The maximum Gasteiger partial charge on any atom is 0.410 e. The third-order valence-electron chi connectivity index (χ3n) is 7.21. The molecule has 7 heteroatoms. The molecule has 36 heavy (non-hydrogen) atoms. The van der Waals surface area contributed by atoms with Crippen LogP contribution in [0.25, 0.3) is 11.1 Å². The second kappa shape index (κ2) is 11.6. The topological polar surface area (TPSA) is 95.9 Å². The van der Waals surface area contributed by atoms with E-state index in [9.17, 15) is 19.5 Å². The summed E-state index contributed by atoms with van der Waals surface area (Å²) < 4.78 is 5.82. The first-order valence-corrected chi connectivity index (χ1v) is 13.0. The van der Waals surface area contributed by atoms with E-state index in [1.54, 1.807) is 4.90 Å². The van der Waals surface area contributed by atoms with Gasteiger partial charge in [-0.2, -0.15) is 0 Å². The van der Waals surface area contributed by atoms with Gasteiger partial charge in [-0.15, -0.1) is 0 Å². The summed E-state index contributed by atoms with van der Waals surface area (Å²) in [6, 6.07) is 15.8. The summed E-state index contributed by atoms with van der Waals surface area (Å²) in [7, 11) is 0. The van der Waals surface area contributed by atoms with Gasteiger partial charge in [-0.05, 0) is 59.8 Å². The van der Waals surface area contributed by atoms with Gasteiger partial charge in [0.2, 0.25) is 5.91 Å². The van der Waals surface area contributed by atoms with Crippen LogP contribution in [0.1, 0.15) is 63.0 Å². The summed E-state index contributed by atoms with van der Waals surface area (Å²) in [5.74, 6) is -0.947. The average Bonchev–Trinajstić information content (AvgIpc) is 3.18. The lowest BCUT2D eigenvalue weighted by Crippen LogP contribution is -2.52. The normalized spacial score (nSPS) is 17.9. The minimum absolute atomic E-state index is 0.0131. The SMILES string of the molecule is CC(C)C[C@H](CNC(=O)C1CCCCN1C(=O)OCC1c2ccccc2-c2ccccc21)CC(=O)O. The van der Waals surface area contributed by atoms with Crippen LogP contribution in [0.4, 0.5) is 4.79 Å². The molecule has 1 fully saturated rings. The Kier molecular flexibility index (Phi) is 8.28. The van der Waals surface area contributed by atoms with Gasteiger partial charge in [0.25, 0.3) is 0 Å². The van der Waals surface area contributed by atoms with E-state index >= 15 is 0 Å². The van der Waals surface area contributed by atoms with Crippen molar-refractivity contribution >= 4 is 18.0 Å². The minimum atomic E-state index is -0.868. The molecule has 0 saturated carbocycles. The summed E-state index contributed by atoms with van der Waals surface area (Å²) >= 11 is 0. The Balaban J connectivity index is 1.39. The van der Waals surface area contributed by atoms with Gasteiger partial charge in [0.05, 0.1) is 0 Å². The number of carboxylic acids is 1. The summed E-state index contributed by atoms with van der Waals surface area (Å²) in [5.41, 5.74) is 4.63. The fourth-order valence-corrected chi connectivity index (χ4v) is 5.61. The van der Waals surface area contributed by atoms with Crippen molar-refractivity contribution < 1.29 is 24.2 Å². The van der Waals surface area contributed by atoms with Crippen molar-refractivity contribution in [2.75, 3.05) is 19.7 Å². The highest BCUT2D eigenvalue weighted by atomic mass is 16.6. The summed E-state index contributed by atoms with van der Waals surface area (Å²) in [6.07, 6.45) is 2.51. The van der Waals surface area contributed by atoms with Gasteiger partial charge in [-0.25, -0.2) is 4.79 Å². The molecule has 2 aromatic rings. The molecule has 1 heterocycles. The Morgan fingerprint density at radius 2 is 1.67 bits per heavy atom. The van der Waals surface area contributed by atoms with Gasteiger partial charge in [0.1, 0.15) is 12.6 Å². The number of amides is 2. The molecule has 1 saturated heterocycles. The number of piperidine rings is 1. The lowest BCUT2D eigenvalue weighted by atomic mass is 9.93. The third-order valence-corrected chi connectivity index (χ3v) is 7.21. The third kappa shape index (κ3) is 5.89. The number of ether oxygens (including phenoxy) is 1. The zero-order valence-electron chi connectivity index (χ0n) is 21.1. The summed E-state index contributed by atoms with van der Waals surface area (Å²) in [4.78, 5) is 39.0. The molecule has 192 valence electrons. The lowest BCUT2D eigenvalue weighted by Gasteiger charge is -2.34. The molecule has 1 aliphatic heterocycles. The molecule has 0 bridgehead atoms. The zero-order chi connectivity index (χ0) is 25.7. The molecule has 4 rings (SSSR count). The molecule has 0 aromatic heterocycles. The predicted molar refractivity (Wildman–Crippen MR) is 138 cm³/mol. The van der Waals surface area contributed by atoms with E-state index in [2.05, 4.69) is 29.6 Å². The highest BCUT2D eigenvalue weighted by Crippen LogP contribution is 2.44. The molecule has 0 radical (unpaired) electrons. The van der Waals surface area contributed by atoms with Crippen molar-refractivity contribution in [3.63, 3.8) is 0 Å². The molecular formula is C29H36N2O5. The number of nitrogens with one attached hydrogen (secondary N) is 1. The van der Waals surface area contributed by atoms with Gasteiger partial charge in [-0.1, -0.05) is 62.4 Å². The van der Waals surface area contributed by atoms with E-state index in [1.165, 1.54) is 11.1 Å². The number of carbonyl (C=O) groups is 3. The van der Waals surface area contributed by atoms with Gasteiger partial charge >= 0.3 is 12.1 Å². The van der Waals surface area contributed by atoms with Gasteiger partial charge in [0, 0.05) is 25.4 Å². The van der Waals surface area contributed by atoms with Crippen LogP contribution in [0.15, 0.2) is 48.5 Å². The molecule has 2 amide bonds. The number of rotatable bonds is 9. The Hall–Kier alpha value is -3.35. The van der Waals surface area contributed by atoms with E-state index in [0.29, 0.717) is 31.8 Å². The lowest BCUT2D eigenvalue weighted by molar-refractivity contribution is -0.138. The first-order chi connectivity index (χ1) is 17.3. The second-order valence-corrected chi connectivity index (χ2v) is 10.3. The predicted octanol–water partition coefficient (Wildman–Crippen LogP) is 5.04. The Bertz CT molecular complexity index is 1050. The van der Waals surface area contributed by atoms with E-state index < -0.39 is 18.1 Å². The Morgan fingerprint density at radius 1 is 1.03 bits per heavy atom. The van der Waals surface area contributed by atoms with Crippen molar-refractivity contribution in [1.82, 2.24) is 10.2 Å². The van der Waals surface area contributed by atoms with Crippen LogP contribution in [0.5, 0.6) is 0 Å². The zero-order valence-corrected chi connectivity index (χ0v) is 21.1. The number of fused-ring (bicyclic) bond motifs is 3. The van der Waals surface area contributed by atoms with Crippen LogP contribution in [0.2, 0.25) is 0 Å². The van der Waals surface area contributed by atoms with Crippen LogP contribution in [-0.4, -0.2) is 53.7 Å². The van der Waals surface area contributed by atoms with Crippen molar-refractivity contribution in [1.29, 1.82) is 0 Å². The van der Waals surface area contributed by atoms with Crippen LogP contribution in [0.3, 0.4) is 0 Å². The standard InChI is InChI=1S/C29H36N2O5/c1-19(2)15-20(16-27(32)33)17-30-28(34)26-13-7-8-14-31(26)29(35)36-18-25-23-11-5-3-9-21(23)22-10-4-6-12-24(22)25/h3-6,9-12,19-20,25-26H,7-8,13-18H2,1-2H3,(H,30,34)(H,32,33)/t20-,26?/m0/s1. The monoisotopic (exact) mass is 492 g/mol. The molecule has 1 aliphatic carbocycles. The Labute approximate surface area is 212 Å². The molecule has 0 spiro atoms. The average molecular weight is 493 g/mol. The maximum atomic E-state index is 13.2. The molecule has 1 unspecified atom stereocenters. The van der Waals surface area contributed by atoms with Crippen molar-refractivity contribution in [3.8, 4) is 11.1 Å². The maximum absolute atomic E-state index is 13.2. The quantitative estimate of drug-likeness (QED) is 0.511. The molecule has 2 aliphatic rings. The van der Waals surface area contributed by atoms with Gasteiger partial charge in [0.15, 0.2) is 0 Å². The van der Waals surface area contributed by atoms with Crippen LogP contribution < -0.4 is 5.32 Å². The number of carbonyl (C=O) groups excluding carboxylic acids is 2. The summed E-state index contributed by atoms with van der Waals surface area (Å²) in [5, 5.41) is 12.1. The molecule has 2 N–H and O–H groups in total. The molecule has 2 aromatic carbocycles. The first-order valence-electron chi connectivity index (χ1n) is 13.0. The van der Waals surface area contributed by atoms with Gasteiger partial charge < -0.3 is 15.2 Å². The first kappa shape index (κ1) is 25.7. The summed E-state index contributed by atoms with van der Waals surface area (Å²) in [6.45, 7) is 5.05. The van der Waals surface area contributed by atoms with Crippen LogP contribution >= 0.6 is 0 Å². The van der Waals surface area contributed by atoms with Crippen molar-refractivity contribution in [2.45, 2.75) is 57.9 Å². The number of carboxylic acid groups (broad SMARTS) is 1. The molecule has 2 atom stereocenters. The highest BCUT2D eigenvalue weighted by Gasteiger charge is 2.35. The van der Waals surface area contributed by atoms with E-state index in [0.717, 1.165) is 24.0 Å². The second-order valence-electron chi connectivity index (χ2n) is 10.3. The number of hydrogen-bond acceptors (Lipinski definition) is 4. The number of benzene rings is 2. The number of likely N-dealkylation sites (tertiary alicyclic amines) is 1. The van der Waals surface area contributed by atoms with Gasteiger partial charge in [-0.3, -0.25) is 14.5 Å². The smallest absolute Gasteiger partial charge is 0.410 e. The van der Waals surface area contributed by atoms with Crippen LogP contribution in [0, 0.1) is 11.8 Å². The van der Waals surface area contributed by atoms with Crippen molar-refractivity contribution in [3.05, 3.63) is 59.7 Å².